The van der Waals surface area contributed by atoms with E-state index in [9.17, 15) is 35.6 Å². The summed E-state index contributed by atoms with van der Waals surface area (Å²) in [7, 11) is -4.59. The fourth-order valence-electron chi connectivity index (χ4n) is 4.88. The van der Waals surface area contributed by atoms with Crippen molar-refractivity contribution in [3.05, 3.63) is 132 Å². The molecular weight excluding hydrogens is 634 g/mol. The number of halogens is 4. The molecule has 0 aromatic heterocycles. The molecule has 248 valence electrons. The van der Waals surface area contributed by atoms with Gasteiger partial charge in [-0.3, -0.25) is 13.9 Å². The summed E-state index contributed by atoms with van der Waals surface area (Å²) in [5, 5.41) is 2.89. The van der Waals surface area contributed by atoms with E-state index in [2.05, 4.69) is 5.32 Å². The van der Waals surface area contributed by atoms with Gasteiger partial charge in [0.15, 0.2) is 0 Å². The monoisotopic (exact) mass is 669 g/mol. The van der Waals surface area contributed by atoms with Crippen molar-refractivity contribution in [3.8, 4) is 0 Å². The summed E-state index contributed by atoms with van der Waals surface area (Å²) in [6, 6.07) is 23.6. The Morgan fingerprint density at radius 3 is 1.96 bits per heavy atom. The Labute approximate surface area is 271 Å². The quantitative estimate of drug-likeness (QED) is 0.183. The number of alkyl halides is 3. The zero-order valence-electron chi connectivity index (χ0n) is 26.0. The third kappa shape index (κ3) is 9.41. The highest BCUT2D eigenvalue weighted by molar-refractivity contribution is 7.92. The zero-order valence-corrected chi connectivity index (χ0v) is 26.9. The first kappa shape index (κ1) is 35.1. The third-order valence-corrected chi connectivity index (χ3v) is 8.90. The molecule has 1 atom stereocenters. The molecule has 47 heavy (non-hydrogen) atoms. The van der Waals surface area contributed by atoms with Crippen LogP contribution >= 0.6 is 0 Å². The van der Waals surface area contributed by atoms with E-state index in [0.29, 0.717) is 21.5 Å². The van der Waals surface area contributed by atoms with Crippen LogP contribution in [0.1, 0.15) is 37.5 Å². The second-order valence-electron chi connectivity index (χ2n) is 12.0. The summed E-state index contributed by atoms with van der Waals surface area (Å²) < 4.78 is 83.6. The molecule has 0 fully saturated rings. The minimum Gasteiger partial charge on any atom is -0.350 e. The van der Waals surface area contributed by atoms with Gasteiger partial charge in [-0.1, -0.05) is 66.7 Å². The van der Waals surface area contributed by atoms with E-state index in [4.69, 9.17) is 0 Å². The molecule has 7 nitrogen and oxygen atoms in total. The van der Waals surface area contributed by atoms with Crippen LogP contribution in [0.25, 0.3) is 0 Å². The van der Waals surface area contributed by atoms with Gasteiger partial charge in [0, 0.05) is 18.5 Å². The number of carbonyl (C=O) groups excluding carboxylic acids is 2. The molecule has 1 N–H and O–H groups in total. The van der Waals surface area contributed by atoms with Crippen molar-refractivity contribution in [1.29, 1.82) is 0 Å². The van der Waals surface area contributed by atoms with E-state index in [1.807, 2.05) is 0 Å². The van der Waals surface area contributed by atoms with Crippen LogP contribution in [-0.4, -0.2) is 43.3 Å². The van der Waals surface area contributed by atoms with Gasteiger partial charge >= 0.3 is 6.18 Å². The minimum absolute atomic E-state index is 0.0324. The SMILES string of the molecule is CC(C)(C)NC(=O)[C@@H](Cc1ccccc1)N(Cc1ccc(F)cc1)C(=O)CN(c1cccc(C(F)(F)F)c1)S(=O)(=O)c1ccccc1. The number of amides is 2. The molecule has 0 saturated carbocycles. The van der Waals surface area contributed by atoms with Gasteiger partial charge in [-0.25, -0.2) is 12.8 Å². The average Bonchev–Trinajstić information content (AvgIpc) is 3.02. The lowest BCUT2D eigenvalue weighted by Crippen LogP contribution is -2.56. The summed E-state index contributed by atoms with van der Waals surface area (Å²) in [6.07, 6.45) is -4.76. The van der Waals surface area contributed by atoms with Gasteiger partial charge in [0.05, 0.1) is 16.1 Å². The molecule has 4 rings (SSSR count). The Morgan fingerprint density at radius 2 is 1.38 bits per heavy atom. The summed E-state index contributed by atoms with van der Waals surface area (Å²) in [6.45, 7) is 4.12. The third-order valence-electron chi connectivity index (χ3n) is 7.11. The smallest absolute Gasteiger partial charge is 0.350 e. The Kier molecular flexibility index (Phi) is 10.7. The Balaban J connectivity index is 1.85. The highest BCUT2D eigenvalue weighted by Crippen LogP contribution is 2.33. The topological polar surface area (TPSA) is 86.8 Å². The number of nitrogens with one attached hydrogen (secondary N) is 1. The lowest BCUT2D eigenvalue weighted by molar-refractivity contribution is -0.140. The van der Waals surface area contributed by atoms with E-state index >= 15 is 0 Å². The molecule has 0 aliphatic heterocycles. The highest BCUT2D eigenvalue weighted by atomic mass is 32.2. The molecular formula is C35H35F4N3O4S. The van der Waals surface area contributed by atoms with Crippen molar-refractivity contribution >= 4 is 27.5 Å². The average molecular weight is 670 g/mol. The molecule has 4 aromatic rings. The van der Waals surface area contributed by atoms with Gasteiger partial charge < -0.3 is 10.2 Å². The number of sulfonamides is 1. The van der Waals surface area contributed by atoms with Crippen LogP contribution < -0.4 is 9.62 Å². The standard InChI is InChI=1S/C35H35F4N3O4S/c1-34(2,3)40-33(44)31(21-25-11-6-4-7-12-25)41(23-26-17-19-28(36)20-18-26)32(43)24-42(47(45,46)30-15-8-5-9-16-30)29-14-10-13-27(22-29)35(37,38)39/h4-20,22,31H,21,23-24H2,1-3H3,(H,40,44)/t31-/m1/s1. The van der Waals surface area contributed by atoms with Crippen molar-refractivity contribution in [1.82, 2.24) is 10.2 Å². The van der Waals surface area contributed by atoms with Crippen LogP contribution in [0.5, 0.6) is 0 Å². The van der Waals surface area contributed by atoms with Crippen molar-refractivity contribution in [2.45, 2.75) is 56.4 Å². The van der Waals surface area contributed by atoms with Gasteiger partial charge in [-0.15, -0.1) is 0 Å². The predicted molar refractivity (Wildman–Crippen MR) is 171 cm³/mol. The first-order valence-electron chi connectivity index (χ1n) is 14.7. The molecule has 0 spiro atoms. The lowest BCUT2D eigenvalue weighted by atomic mass is 10.0. The maximum Gasteiger partial charge on any atom is 0.416 e. The largest absolute Gasteiger partial charge is 0.416 e. The summed E-state index contributed by atoms with van der Waals surface area (Å²) in [5.74, 6) is -1.92. The molecule has 0 aliphatic rings. The van der Waals surface area contributed by atoms with E-state index in [-0.39, 0.29) is 17.9 Å². The van der Waals surface area contributed by atoms with Crippen molar-refractivity contribution in [2.75, 3.05) is 10.8 Å². The second kappa shape index (κ2) is 14.4. The molecule has 12 heteroatoms. The molecule has 0 bridgehead atoms. The van der Waals surface area contributed by atoms with E-state index in [1.165, 1.54) is 59.5 Å². The van der Waals surface area contributed by atoms with E-state index < -0.39 is 63.2 Å². The van der Waals surface area contributed by atoms with Crippen molar-refractivity contribution in [3.63, 3.8) is 0 Å². The Morgan fingerprint density at radius 1 is 0.787 bits per heavy atom. The van der Waals surface area contributed by atoms with Gasteiger partial charge in [-0.05, 0) is 74.4 Å². The van der Waals surface area contributed by atoms with Crippen LogP contribution in [0.2, 0.25) is 0 Å². The van der Waals surface area contributed by atoms with Gasteiger partial charge in [0.2, 0.25) is 11.8 Å². The number of rotatable bonds is 11. The molecule has 4 aromatic carbocycles. The van der Waals surface area contributed by atoms with Crippen molar-refractivity contribution in [2.24, 2.45) is 0 Å². The number of nitrogens with zero attached hydrogens (tertiary/aromatic N) is 2. The normalized spacial score (nSPS) is 12.7. The predicted octanol–water partition coefficient (Wildman–Crippen LogP) is 6.59. The van der Waals surface area contributed by atoms with E-state index in [0.717, 1.165) is 12.1 Å². The summed E-state index contributed by atoms with van der Waals surface area (Å²) in [5.41, 5.74) is -1.07. The number of anilines is 1. The molecule has 0 saturated heterocycles. The summed E-state index contributed by atoms with van der Waals surface area (Å²) in [4.78, 5) is 29.2. The van der Waals surface area contributed by atoms with Crippen LogP contribution in [0.4, 0.5) is 23.2 Å². The number of hydrogen-bond donors (Lipinski definition) is 1. The summed E-state index contributed by atoms with van der Waals surface area (Å²) >= 11 is 0. The van der Waals surface area contributed by atoms with E-state index in [1.54, 1.807) is 57.2 Å². The van der Waals surface area contributed by atoms with Gasteiger partial charge in [-0.2, -0.15) is 13.2 Å². The fraction of sp³-hybridized carbons (Fsp3) is 0.257. The first-order valence-corrected chi connectivity index (χ1v) is 16.1. The molecule has 0 heterocycles. The highest BCUT2D eigenvalue weighted by Gasteiger charge is 2.37. The van der Waals surface area contributed by atoms with Crippen LogP contribution in [0, 0.1) is 5.82 Å². The zero-order chi connectivity index (χ0) is 34.4. The number of benzene rings is 4. The first-order chi connectivity index (χ1) is 22.0. The number of carbonyl (C=O) groups is 2. The minimum atomic E-state index is -4.79. The fourth-order valence-corrected chi connectivity index (χ4v) is 6.31. The maximum absolute atomic E-state index is 14.4. The Bertz CT molecular complexity index is 1780. The molecule has 2 amide bonds. The molecule has 0 unspecified atom stereocenters. The second-order valence-corrected chi connectivity index (χ2v) is 13.8. The van der Waals surface area contributed by atoms with Crippen LogP contribution in [-0.2, 0) is 38.8 Å². The number of hydrogen-bond acceptors (Lipinski definition) is 4. The molecule has 0 radical (unpaired) electrons. The Hall–Kier alpha value is -4.71. The van der Waals surface area contributed by atoms with Gasteiger partial charge in [0.1, 0.15) is 18.4 Å². The van der Waals surface area contributed by atoms with Crippen LogP contribution in [0.15, 0.2) is 114 Å². The molecule has 0 aliphatic carbocycles. The maximum atomic E-state index is 14.4. The lowest BCUT2D eigenvalue weighted by Gasteiger charge is -2.35. The van der Waals surface area contributed by atoms with Crippen LogP contribution in [0.3, 0.4) is 0 Å². The van der Waals surface area contributed by atoms with Crippen molar-refractivity contribution < 1.29 is 35.6 Å². The van der Waals surface area contributed by atoms with Gasteiger partial charge in [0.25, 0.3) is 10.0 Å².